The van der Waals surface area contributed by atoms with E-state index in [9.17, 15) is 0 Å². The van der Waals surface area contributed by atoms with Crippen LogP contribution in [-0.4, -0.2) is 43.1 Å². The van der Waals surface area contributed by atoms with Gasteiger partial charge in [0.05, 0.1) is 0 Å². The van der Waals surface area contributed by atoms with Gasteiger partial charge in [0.25, 0.3) is 0 Å². The average Bonchev–Trinajstić information content (AvgIpc) is 2.95. The van der Waals surface area contributed by atoms with Crippen LogP contribution in [0.5, 0.6) is 0 Å². The van der Waals surface area contributed by atoms with Gasteiger partial charge in [-0.15, -0.1) is 35.3 Å². The van der Waals surface area contributed by atoms with Crippen LogP contribution >= 0.6 is 35.3 Å². The Morgan fingerprint density at radius 3 is 2.83 bits per heavy atom. The number of thiophene rings is 1. The van der Waals surface area contributed by atoms with E-state index in [2.05, 4.69) is 58.8 Å². The van der Waals surface area contributed by atoms with Gasteiger partial charge in [-0.3, -0.25) is 9.89 Å². The molecule has 4 nitrogen and oxygen atoms in total. The van der Waals surface area contributed by atoms with Crippen molar-refractivity contribution in [2.75, 3.05) is 26.7 Å². The molecule has 0 spiro atoms. The average molecular weight is 450 g/mol. The molecule has 1 aliphatic heterocycles. The largest absolute Gasteiger partial charge is 0.356 e. The smallest absolute Gasteiger partial charge is 0.191 e. The Morgan fingerprint density at radius 2 is 2.22 bits per heavy atom. The van der Waals surface area contributed by atoms with Crippen molar-refractivity contribution in [2.45, 2.75) is 45.7 Å². The molecule has 2 heterocycles. The molecule has 2 rings (SSSR count). The lowest BCUT2D eigenvalue weighted by molar-refractivity contribution is 0.169. The lowest BCUT2D eigenvalue weighted by atomic mass is 9.98. The summed E-state index contributed by atoms with van der Waals surface area (Å²) in [4.78, 5) is 8.38. The molecule has 1 saturated heterocycles. The molecular weight excluding hydrogens is 419 g/mol. The Hall–Kier alpha value is -0.340. The van der Waals surface area contributed by atoms with Gasteiger partial charge in [-0.2, -0.15) is 0 Å². The number of hydrogen-bond donors (Lipinski definition) is 2. The number of aliphatic imine (C=N–C) groups is 1. The highest BCUT2D eigenvalue weighted by molar-refractivity contribution is 14.0. The van der Waals surface area contributed by atoms with E-state index >= 15 is 0 Å². The summed E-state index contributed by atoms with van der Waals surface area (Å²) in [6.07, 6.45) is 2.60. The number of rotatable bonds is 4. The van der Waals surface area contributed by atoms with Crippen LogP contribution < -0.4 is 10.6 Å². The van der Waals surface area contributed by atoms with E-state index in [0.29, 0.717) is 5.92 Å². The quantitative estimate of drug-likeness (QED) is 0.419. The van der Waals surface area contributed by atoms with Crippen molar-refractivity contribution >= 4 is 41.3 Å². The molecule has 1 unspecified atom stereocenters. The summed E-state index contributed by atoms with van der Waals surface area (Å²) in [5, 5.41) is 9.08. The van der Waals surface area contributed by atoms with Crippen molar-refractivity contribution < 1.29 is 0 Å². The van der Waals surface area contributed by atoms with Crippen molar-refractivity contribution in [3.63, 3.8) is 0 Å². The summed E-state index contributed by atoms with van der Waals surface area (Å²) in [6, 6.07) is 4.38. The summed E-state index contributed by atoms with van der Waals surface area (Å²) in [7, 11) is 1.84. The van der Waals surface area contributed by atoms with Gasteiger partial charge in [0.15, 0.2) is 5.96 Å². The number of halogens is 1. The topological polar surface area (TPSA) is 39.7 Å². The molecule has 2 N–H and O–H groups in total. The van der Waals surface area contributed by atoms with Crippen molar-refractivity contribution in [1.82, 2.24) is 15.5 Å². The minimum Gasteiger partial charge on any atom is -0.356 e. The maximum absolute atomic E-state index is 4.32. The highest BCUT2D eigenvalue weighted by Crippen LogP contribution is 2.19. The molecule has 0 aromatic carbocycles. The van der Waals surface area contributed by atoms with Gasteiger partial charge >= 0.3 is 0 Å². The number of nitrogens with one attached hydrogen (secondary N) is 2. The summed E-state index contributed by atoms with van der Waals surface area (Å²) in [5.41, 5.74) is 0.0413. The lowest BCUT2D eigenvalue weighted by Gasteiger charge is -2.33. The molecule has 0 amide bonds. The van der Waals surface area contributed by atoms with Gasteiger partial charge in [-0.1, -0.05) is 6.07 Å². The number of piperidine rings is 1. The van der Waals surface area contributed by atoms with E-state index < -0.39 is 0 Å². The summed E-state index contributed by atoms with van der Waals surface area (Å²) >= 11 is 1.86. The first-order valence-corrected chi connectivity index (χ1v) is 9.08. The van der Waals surface area contributed by atoms with E-state index in [0.717, 1.165) is 19.0 Å². The van der Waals surface area contributed by atoms with E-state index in [1.807, 2.05) is 18.4 Å². The predicted octanol–water partition coefficient (Wildman–Crippen LogP) is 3.54. The normalized spacial score (nSPS) is 20.0. The maximum Gasteiger partial charge on any atom is 0.191 e. The van der Waals surface area contributed by atoms with Crippen LogP contribution in [0, 0.1) is 5.92 Å². The van der Waals surface area contributed by atoms with Crippen LogP contribution in [0.3, 0.4) is 0 Å². The highest BCUT2D eigenvalue weighted by Gasteiger charge is 2.21. The molecule has 23 heavy (non-hydrogen) atoms. The Bertz CT molecular complexity index is 467. The Morgan fingerprint density at radius 1 is 1.43 bits per heavy atom. The van der Waals surface area contributed by atoms with Crippen LogP contribution in [0.2, 0.25) is 0 Å². The maximum atomic E-state index is 4.32. The van der Waals surface area contributed by atoms with Gasteiger partial charge in [0.2, 0.25) is 0 Å². The highest BCUT2D eigenvalue weighted by atomic mass is 127. The molecular formula is C17H31IN4S. The monoisotopic (exact) mass is 450 g/mol. The molecule has 132 valence electrons. The van der Waals surface area contributed by atoms with Crippen LogP contribution in [-0.2, 0) is 6.54 Å². The first-order chi connectivity index (χ1) is 10.5. The predicted molar refractivity (Wildman–Crippen MR) is 112 cm³/mol. The van der Waals surface area contributed by atoms with Crippen LogP contribution in [0.15, 0.2) is 22.5 Å². The Balaban J connectivity index is 0.00000264. The third kappa shape index (κ3) is 7.85. The number of guanidine groups is 1. The fourth-order valence-corrected chi connectivity index (χ4v) is 3.61. The standard InChI is InChI=1S/C17H30N4S.HI/c1-17(2,3)20-16(18-4)19-11-14-7-5-9-21(12-14)13-15-8-6-10-22-15;/h6,8,10,14H,5,7,9,11-13H2,1-4H3,(H2,18,19,20);1H. The van der Waals surface area contributed by atoms with Gasteiger partial charge in [-0.05, 0) is 57.5 Å². The molecule has 6 heteroatoms. The van der Waals surface area contributed by atoms with Crippen molar-refractivity contribution in [1.29, 1.82) is 0 Å². The van der Waals surface area contributed by atoms with Gasteiger partial charge in [-0.25, -0.2) is 0 Å². The van der Waals surface area contributed by atoms with Crippen LogP contribution in [0.4, 0.5) is 0 Å². The van der Waals surface area contributed by atoms with Crippen molar-refractivity contribution in [2.24, 2.45) is 10.9 Å². The minimum atomic E-state index is 0. The molecule has 0 radical (unpaired) electrons. The van der Waals surface area contributed by atoms with Crippen LogP contribution in [0.1, 0.15) is 38.5 Å². The summed E-state index contributed by atoms with van der Waals surface area (Å²) < 4.78 is 0. The fourth-order valence-electron chi connectivity index (χ4n) is 2.86. The zero-order chi connectivity index (χ0) is 16.0. The first kappa shape index (κ1) is 20.7. The number of hydrogen-bond acceptors (Lipinski definition) is 3. The first-order valence-electron chi connectivity index (χ1n) is 8.20. The van der Waals surface area contributed by atoms with Crippen LogP contribution in [0.25, 0.3) is 0 Å². The second kappa shape index (κ2) is 9.84. The molecule has 1 fully saturated rings. The Labute approximate surface area is 162 Å². The van der Waals surface area contributed by atoms with Gasteiger partial charge in [0, 0.05) is 37.1 Å². The lowest BCUT2D eigenvalue weighted by Crippen LogP contribution is -2.49. The number of likely N-dealkylation sites (tertiary alicyclic amines) is 1. The molecule has 0 saturated carbocycles. The number of nitrogens with zero attached hydrogens (tertiary/aromatic N) is 2. The van der Waals surface area contributed by atoms with Crippen molar-refractivity contribution in [3.05, 3.63) is 22.4 Å². The Kier molecular flexibility index (Phi) is 8.85. The zero-order valence-electron chi connectivity index (χ0n) is 14.8. The van der Waals surface area contributed by atoms with E-state index in [4.69, 9.17) is 0 Å². The van der Waals surface area contributed by atoms with E-state index in [-0.39, 0.29) is 29.5 Å². The van der Waals surface area contributed by atoms with Gasteiger partial charge in [0.1, 0.15) is 0 Å². The summed E-state index contributed by atoms with van der Waals surface area (Å²) in [5.74, 6) is 1.61. The second-order valence-electron chi connectivity index (χ2n) is 7.15. The van der Waals surface area contributed by atoms with Gasteiger partial charge < -0.3 is 10.6 Å². The molecule has 0 aliphatic carbocycles. The second-order valence-corrected chi connectivity index (χ2v) is 8.18. The minimum absolute atomic E-state index is 0. The van der Waals surface area contributed by atoms with Crippen molar-refractivity contribution in [3.8, 4) is 0 Å². The molecule has 1 aliphatic rings. The zero-order valence-corrected chi connectivity index (χ0v) is 17.9. The third-order valence-electron chi connectivity index (χ3n) is 3.84. The molecule has 0 bridgehead atoms. The molecule has 1 aromatic rings. The van der Waals surface area contributed by atoms with E-state index in [1.54, 1.807) is 0 Å². The molecule has 1 aromatic heterocycles. The SMILES string of the molecule is CN=C(NCC1CCCN(Cc2cccs2)C1)NC(C)(C)C.I. The third-order valence-corrected chi connectivity index (χ3v) is 4.70. The molecule has 1 atom stereocenters. The van der Waals surface area contributed by atoms with E-state index in [1.165, 1.54) is 30.8 Å². The summed E-state index contributed by atoms with van der Waals surface area (Å²) in [6.45, 7) is 11.0. The fraction of sp³-hybridized carbons (Fsp3) is 0.706.